The van der Waals surface area contributed by atoms with Gasteiger partial charge in [-0.15, -0.1) is 0 Å². The highest BCUT2D eigenvalue weighted by molar-refractivity contribution is 5.92. The third-order valence-electron chi connectivity index (χ3n) is 8.72. The average Bonchev–Trinajstić information content (AvgIpc) is 3.59. The second kappa shape index (κ2) is 16.4. The van der Waals surface area contributed by atoms with Crippen LogP contribution in [0.2, 0.25) is 0 Å². The molecule has 2 heterocycles. The molecule has 2 bridgehead atoms. The van der Waals surface area contributed by atoms with E-state index in [1.54, 1.807) is 0 Å². The molecular formula is C33H47N3O7. The summed E-state index contributed by atoms with van der Waals surface area (Å²) in [6.45, 7) is 0.885. The van der Waals surface area contributed by atoms with Crippen molar-refractivity contribution in [2.24, 2.45) is 5.41 Å². The van der Waals surface area contributed by atoms with Crippen molar-refractivity contribution < 1.29 is 33.8 Å². The Bertz CT molecular complexity index is 1110. The van der Waals surface area contributed by atoms with Crippen molar-refractivity contribution in [1.82, 2.24) is 15.5 Å². The lowest BCUT2D eigenvalue weighted by molar-refractivity contribution is -0.149. The summed E-state index contributed by atoms with van der Waals surface area (Å²) in [5.41, 5.74) is -0.337. The first-order valence-electron chi connectivity index (χ1n) is 15.9. The summed E-state index contributed by atoms with van der Waals surface area (Å²) in [6.07, 6.45) is 15.2. The quantitative estimate of drug-likeness (QED) is 0.437. The van der Waals surface area contributed by atoms with Gasteiger partial charge in [-0.2, -0.15) is 0 Å². The predicted molar refractivity (Wildman–Crippen MR) is 161 cm³/mol. The molecule has 10 heteroatoms. The SMILES string of the molecule is O=C1CCCCCCCC/C=C/CCCOC[C@@]23C[C@@H]2N(C(=O)CNC(=O)[C@H](CCOc2ccccc2)N1)[C@H](C(=O)O)C3. The lowest BCUT2D eigenvalue weighted by atomic mass is 10.0. The molecule has 3 aliphatic rings. The van der Waals surface area contributed by atoms with Crippen molar-refractivity contribution in [3.05, 3.63) is 42.5 Å². The summed E-state index contributed by atoms with van der Waals surface area (Å²) in [7, 11) is 0. The van der Waals surface area contributed by atoms with Crippen LogP contribution in [0.5, 0.6) is 5.75 Å². The van der Waals surface area contributed by atoms with E-state index in [0.717, 1.165) is 51.4 Å². The van der Waals surface area contributed by atoms with Gasteiger partial charge < -0.3 is 30.1 Å². The lowest BCUT2D eigenvalue weighted by Crippen LogP contribution is -2.52. The lowest BCUT2D eigenvalue weighted by Gasteiger charge is -2.25. The van der Waals surface area contributed by atoms with Gasteiger partial charge in [0, 0.05) is 30.9 Å². The Kier molecular flexibility index (Phi) is 12.4. The number of piperidine rings is 1. The molecule has 4 atom stereocenters. The van der Waals surface area contributed by atoms with Crippen molar-refractivity contribution in [1.29, 1.82) is 0 Å². The van der Waals surface area contributed by atoms with Crippen LogP contribution < -0.4 is 15.4 Å². The number of allylic oxidation sites excluding steroid dienone is 2. The zero-order chi connectivity index (χ0) is 30.5. The highest BCUT2D eigenvalue weighted by Crippen LogP contribution is 2.59. The summed E-state index contributed by atoms with van der Waals surface area (Å²) in [5.74, 6) is -1.53. The number of carbonyl (C=O) groups excluding carboxylic acids is 3. The molecule has 1 saturated heterocycles. The van der Waals surface area contributed by atoms with Crippen molar-refractivity contribution in [3.8, 4) is 5.75 Å². The number of para-hydroxylation sites is 1. The van der Waals surface area contributed by atoms with Crippen molar-refractivity contribution in [3.63, 3.8) is 0 Å². The predicted octanol–water partition coefficient (Wildman–Crippen LogP) is 3.99. The van der Waals surface area contributed by atoms with E-state index in [4.69, 9.17) is 9.47 Å². The maximum atomic E-state index is 13.3. The molecule has 236 valence electrons. The molecule has 1 aromatic rings. The number of benzene rings is 1. The van der Waals surface area contributed by atoms with E-state index >= 15 is 0 Å². The molecule has 0 spiro atoms. The topological polar surface area (TPSA) is 134 Å². The van der Waals surface area contributed by atoms with Crippen molar-refractivity contribution >= 4 is 23.7 Å². The van der Waals surface area contributed by atoms with Crippen LogP contribution in [0.15, 0.2) is 42.5 Å². The smallest absolute Gasteiger partial charge is 0.326 e. The van der Waals surface area contributed by atoms with E-state index in [-0.39, 0.29) is 36.9 Å². The number of hydrogen-bond donors (Lipinski definition) is 3. The minimum Gasteiger partial charge on any atom is -0.494 e. The van der Waals surface area contributed by atoms with Crippen LogP contribution in [0.4, 0.5) is 0 Å². The minimum absolute atomic E-state index is 0.198. The van der Waals surface area contributed by atoms with Crippen LogP contribution in [0.25, 0.3) is 0 Å². The Morgan fingerprint density at radius 1 is 0.977 bits per heavy atom. The van der Waals surface area contributed by atoms with E-state index in [1.165, 1.54) is 11.3 Å². The Hall–Kier alpha value is -3.40. The molecule has 1 aromatic carbocycles. The zero-order valence-electron chi connectivity index (χ0n) is 25.1. The third kappa shape index (κ3) is 9.81. The van der Waals surface area contributed by atoms with Gasteiger partial charge in [-0.3, -0.25) is 14.4 Å². The van der Waals surface area contributed by atoms with E-state index in [1.807, 2.05) is 30.3 Å². The molecule has 0 radical (unpaired) electrons. The number of ether oxygens (including phenoxy) is 2. The van der Waals surface area contributed by atoms with E-state index in [2.05, 4.69) is 22.8 Å². The first kappa shape index (κ1) is 32.5. The number of nitrogens with zero attached hydrogens (tertiary/aromatic N) is 1. The molecule has 0 unspecified atom stereocenters. The van der Waals surface area contributed by atoms with Crippen molar-refractivity contribution in [2.45, 2.75) is 102 Å². The van der Waals surface area contributed by atoms with Crippen LogP contribution in [0.3, 0.4) is 0 Å². The summed E-state index contributed by atoms with van der Waals surface area (Å²) in [5, 5.41) is 15.3. The standard InChI is InChI=1S/C33H47N3O7/c37-29-17-13-8-6-4-2-1-3-5-7-9-14-19-42-24-33-21-27(32(40)41)36(28(33)22-33)30(38)23-34-31(39)26(35-29)18-20-43-25-15-11-10-12-16-25/h5,7,10-12,15-16,26-28H,1-4,6,8-9,13-14,17-24H2,(H,34,39)(H,35,37)(H,40,41)/b7-5+/t26-,27-,28-,33+/m0/s1. The van der Waals surface area contributed by atoms with Crippen LogP contribution in [0, 0.1) is 5.41 Å². The maximum Gasteiger partial charge on any atom is 0.326 e. The van der Waals surface area contributed by atoms with Gasteiger partial charge in [-0.05, 0) is 57.1 Å². The van der Waals surface area contributed by atoms with E-state index in [9.17, 15) is 24.3 Å². The number of aliphatic carboxylic acids is 1. The molecule has 2 fully saturated rings. The number of amides is 3. The average molecular weight is 598 g/mol. The minimum atomic E-state index is -1.05. The first-order valence-corrected chi connectivity index (χ1v) is 15.9. The third-order valence-corrected chi connectivity index (χ3v) is 8.72. The normalized spacial score (nSPS) is 29.3. The largest absolute Gasteiger partial charge is 0.494 e. The number of hydrogen-bond acceptors (Lipinski definition) is 6. The Morgan fingerprint density at radius 2 is 1.70 bits per heavy atom. The number of rotatable bonds is 5. The molecule has 4 rings (SSSR count). The summed E-state index contributed by atoms with van der Waals surface area (Å²) >= 11 is 0. The number of nitrogens with one attached hydrogen (secondary N) is 2. The second-order valence-electron chi connectivity index (χ2n) is 12.1. The first-order chi connectivity index (χ1) is 20.9. The Labute approximate surface area is 254 Å². The molecule has 1 saturated carbocycles. The molecular weight excluding hydrogens is 550 g/mol. The van der Waals surface area contributed by atoms with Crippen LogP contribution in [-0.2, 0) is 23.9 Å². The maximum absolute atomic E-state index is 13.3. The van der Waals surface area contributed by atoms with Gasteiger partial charge in [0.25, 0.3) is 0 Å². The second-order valence-corrected chi connectivity index (χ2v) is 12.1. The molecule has 1 aliphatic carbocycles. The van der Waals surface area contributed by atoms with E-state index in [0.29, 0.717) is 38.2 Å². The monoisotopic (exact) mass is 597 g/mol. The van der Waals surface area contributed by atoms with Gasteiger partial charge in [-0.25, -0.2) is 4.79 Å². The molecule has 10 nitrogen and oxygen atoms in total. The van der Waals surface area contributed by atoms with Crippen LogP contribution >= 0.6 is 0 Å². The van der Waals surface area contributed by atoms with Gasteiger partial charge in [-0.1, -0.05) is 56.0 Å². The van der Waals surface area contributed by atoms with Gasteiger partial charge in [0.05, 0.1) is 19.8 Å². The van der Waals surface area contributed by atoms with Gasteiger partial charge >= 0.3 is 5.97 Å². The fraction of sp³-hybridized carbons (Fsp3) is 0.636. The summed E-state index contributed by atoms with van der Waals surface area (Å²) in [6, 6.07) is 7.18. The van der Waals surface area contributed by atoms with E-state index < -0.39 is 29.9 Å². The number of carbonyl (C=O) groups is 4. The molecule has 0 aromatic heterocycles. The molecule has 3 amide bonds. The van der Waals surface area contributed by atoms with Crippen LogP contribution in [0.1, 0.15) is 83.5 Å². The van der Waals surface area contributed by atoms with Gasteiger partial charge in [0.15, 0.2) is 0 Å². The fourth-order valence-corrected chi connectivity index (χ4v) is 6.20. The fourth-order valence-electron chi connectivity index (χ4n) is 6.20. The van der Waals surface area contributed by atoms with Gasteiger partial charge in [0.1, 0.15) is 17.8 Å². The highest BCUT2D eigenvalue weighted by atomic mass is 16.5. The highest BCUT2D eigenvalue weighted by Gasteiger charge is 2.67. The molecule has 3 N–H and O–H groups in total. The summed E-state index contributed by atoms with van der Waals surface area (Å²) in [4.78, 5) is 52.7. The van der Waals surface area contributed by atoms with Crippen molar-refractivity contribution in [2.75, 3.05) is 26.4 Å². The molecule has 43 heavy (non-hydrogen) atoms. The number of carboxylic acid groups (broad SMARTS) is 1. The molecule has 2 aliphatic heterocycles. The van der Waals surface area contributed by atoms with Crippen LogP contribution in [-0.4, -0.2) is 78.2 Å². The summed E-state index contributed by atoms with van der Waals surface area (Å²) < 4.78 is 11.7. The van der Waals surface area contributed by atoms with Gasteiger partial charge in [0.2, 0.25) is 17.7 Å². The number of carboxylic acids is 1. The zero-order valence-corrected chi connectivity index (χ0v) is 25.1. The Morgan fingerprint density at radius 3 is 2.47 bits per heavy atom. The Balaban J connectivity index is 1.38.